The van der Waals surface area contributed by atoms with Crippen LogP contribution >= 0.6 is 23.2 Å². The number of hydrogen-bond acceptors (Lipinski definition) is 3. The Morgan fingerprint density at radius 1 is 1.30 bits per heavy atom. The van der Waals surface area contributed by atoms with Crippen molar-refractivity contribution in [2.24, 2.45) is 11.8 Å². The predicted octanol–water partition coefficient (Wildman–Crippen LogP) is 4.03. The zero-order valence-corrected chi connectivity index (χ0v) is 14.5. The van der Waals surface area contributed by atoms with E-state index < -0.39 is 0 Å². The second-order valence-electron chi connectivity index (χ2n) is 6.75. The van der Waals surface area contributed by atoms with Crippen molar-refractivity contribution in [3.8, 4) is 0 Å². The molecule has 1 unspecified atom stereocenters. The molecule has 0 amide bonds. The highest BCUT2D eigenvalue weighted by atomic mass is 35.5. The van der Waals surface area contributed by atoms with E-state index in [2.05, 4.69) is 11.0 Å². The maximum atomic E-state index is 12.3. The number of methoxy groups -OCH3 is 1. The zero-order chi connectivity index (χ0) is 16.1. The van der Waals surface area contributed by atoms with Gasteiger partial charge in [-0.3, -0.25) is 9.69 Å². The Kier molecular flexibility index (Phi) is 3.91. The molecule has 0 aliphatic carbocycles. The molecule has 5 atom stereocenters. The Bertz CT molecular complexity index is 688. The zero-order valence-electron chi connectivity index (χ0n) is 13.0. The maximum absolute atomic E-state index is 12.3. The fourth-order valence-corrected chi connectivity index (χ4v) is 5.00. The third-order valence-corrected chi connectivity index (χ3v) is 6.41. The molecule has 4 aliphatic heterocycles. The summed E-state index contributed by atoms with van der Waals surface area (Å²) in [5.74, 6) is 0.200. The molecule has 0 saturated carbocycles. The number of halogens is 2. The van der Waals surface area contributed by atoms with E-state index in [0.29, 0.717) is 28.0 Å². The quantitative estimate of drug-likeness (QED) is 0.753. The summed E-state index contributed by atoms with van der Waals surface area (Å²) in [6, 6.07) is 6.67. The lowest BCUT2D eigenvalue weighted by Gasteiger charge is -2.50. The molecule has 122 valence electrons. The van der Waals surface area contributed by atoms with Crippen molar-refractivity contribution in [2.45, 2.75) is 31.3 Å². The number of ether oxygens (including phenoxy) is 1. The average Bonchev–Trinajstić information content (AvgIpc) is 2.85. The van der Waals surface area contributed by atoms with Crippen LogP contribution in [0.3, 0.4) is 0 Å². The van der Waals surface area contributed by atoms with Crippen LogP contribution in [0, 0.1) is 11.8 Å². The minimum Gasteiger partial charge on any atom is -0.469 e. The smallest absolute Gasteiger partial charge is 0.310 e. The monoisotopic (exact) mass is 351 g/mol. The van der Waals surface area contributed by atoms with Crippen molar-refractivity contribution >= 4 is 35.2 Å². The Balaban J connectivity index is 1.69. The van der Waals surface area contributed by atoms with E-state index in [-0.39, 0.29) is 11.9 Å². The first kappa shape index (κ1) is 15.5. The van der Waals surface area contributed by atoms with E-state index in [9.17, 15) is 4.79 Å². The second-order valence-corrected chi connectivity index (χ2v) is 7.57. The van der Waals surface area contributed by atoms with Crippen LogP contribution in [-0.4, -0.2) is 36.6 Å². The summed E-state index contributed by atoms with van der Waals surface area (Å²) in [4.78, 5) is 14.8. The van der Waals surface area contributed by atoms with E-state index in [1.807, 2.05) is 18.2 Å². The molecule has 3 nitrogen and oxygen atoms in total. The van der Waals surface area contributed by atoms with Crippen LogP contribution in [0.15, 0.2) is 23.8 Å². The molecule has 0 radical (unpaired) electrons. The molecule has 5 rings (SSSR count). The highest BCUT2D eigenvalue weighted by molar-refractivity contribution is 6.42. The molecule has 4 fully saturated rings. The number of hydrogen-bond donors (Lipinski definition) is 0. The fourth-order valence-electron chi connectivity index (χ4n) is 4.70. The third kappa shape index (κ3) is 2.50. The Hall–Kier alpha value is -1.03. The van der Waals surface area contributed by atoms with E-state index >= 15 is 0 Å². The van der Waals surface area contributed by atoms with Gasteiger partial charge in [0, 0.05) is 18.6 Å². The molecule has 4 aliphatic rings. The van der Waals surface area contributed by atoms with Gasteiger partial charge in [-0.2, -0.15) is 0 Å². The van der Waals surface area contributed by atoms with Crippen molar-refractivity contribution in [3.63, 3.8) is 0 Å². The number of esters is 1. The Morgan fingerprint density at radius 3 is 2.87 bits per heavy atom. The van der Waals surface area contributed by atoms with Gasteiger partial charge in [0.25, 0.3) is 0 Å². The van der Waals surface area contributed by atoms with Gasteiger partial charge in [0.1, 0.15) is 0 Å². The summed E-state index contributed by atoms with van der Waals surface area (Å²) in [6.45, 7) is 0.952. The normalized spacial score (nSPS) is 36.5. The molecular formula is C18H19Cl2NO2. The molecule has 4 bridgehead atoms. The summed E-state index contributed by atoms with van der Waals surface area (Å²) in [7, 11) is 1.49. The van der Waals surface area contributed by atoms with Gasteiger partial charge in [-0.15, -0.1) is 0 Å². The van der Waals surface area contributed by atoms with Gasteiger partial charge in [-0.05, 0) is 42.9 Å². The van der Waals surface area contributed by atoms with Gasteiger partial charge in [0.05, 0.1) is 23.1 Å². The summed E-state index contributed by atoms with van der Waals surface area (Å²) < 4.78 is 5.09. The SMILES string of the molecule is COC(=O)[C@H]1[C@@H]2C[C@@H]3CC[C@H]1N3C/C2=C\c1ccc(Cl)c(Cl)c1. The fraction of sp³-hybridized carbons (Fsp3) is 0.500. The number of benzene rings is 1. The topological polar surface area (TPSA) is 29.5 Å². The minimum absolute atomic E-state index is 0.0264. The highest BCUT2D eigenvalue weighted by Crippen LogP contribution is 2.50. The van der Waals surface area contributed by atoms with Crippen molar-refractivity contribution in [1.82, 2.24) is 4.90 Å². The van der Waals surface area contributed by atoms with Crippen LogP contribution < -0.4 is 0 Å². The van der Waals surface area contributed by atoms with Gasteiger partial charge < -0.3 is 4.74 Å². The largest absolute Gasteiger partial charge is 0.469 e. The number of piperidine rings is 3. The summed E-state index contributed by atoms with van der Waals surface area (Å²) in [6.07, 6.45) is 5.55. The molecule has 1 aromatic rings. The standard InChI is InChI=1S/C18H19Cl2NO2/c1-23-18(22)17-13-8-12-3-5-16(17)21(12)9-11(13)6-10-2-4-14(19)15(20)7-10/h2,4,6-7,12-13,16-17H,3,5,8-9H2,1H3/b11-6+/t12-,13+,16+,17-/m0/s1. The Labute approximate surface area is 146 Å². The van der Waals surface area contributed by atoms with Crippen LogP contribution in [0.1, 0.15) is 24.8 Å². The van der Waals surface area contributed by atoms with Crippen LogP contribution in [0.4, 0.5) is 0 Å². The van der Waals surface area contributed by atoms with Crippen LogP contribution in [-0.2, 0) is 9.53 Å². The molecule has 23 heavy (non-hydrogen) atoms. The first-order valence-corrected chi connectivity index (χ1v) is 8.83. The number of carbonyl (C=O) groups is 1. The second kappa shape index (κ2) is 5.80. The van der Waals surface area contributed by atoms with Gasteiger partial charge in [0.15, 0.2) is 0 Å². The lowest BCUT2D eigenvalue weighted by atomic mass is 9.71. The molecule has 0 aromatic heterocycles. The van der Waals surface area contributed by atoms with Crippen LogP contribution in [0.5, 0.6) is 0 Å². The molecule has 0 N–H and O–H groups in total. The lowest BCUT2D eigenvalue weighted by Crippen LogP contribution is -2.58. The summed E-state index contributed by atoms with van der Waals surface area (Å²) in [5.41, 5.74) is 2.35. The van der Waals surface area contributed by atoms with E-state index in [1.165, 1.54) is 19.1 Å². The molecular weight excluding hydrogens is 333 g/mol. The minimum atomic E-state index is -0.0647. The summed E-state index contributed by atoms with van der Waals surface area (Å²) in [5, 5.41) is 1.13. The number of nitrogens with zero attached hydrogens (tertiary/aromatic N) is 1. The van der Waals surface area contributed by atoms with Crippen molar-refractivity contribution in [1.29, 1.82) is 0 Å². The van der Waals surface area contributed by atoms with E-state index in [4.69, 9.17) is 27.9 Å². The van der Waals surface area contributed by atoms with E-state index in [1.54, 1.807) is 0 Å². The van der Waals surface area contributed by atoms with Crippen molar-refractivity contribution in [3.05, 3.63) is 39.4 Å². The van der Waals surface area contributed by atoms with Gasteiger partial charge >= 0.3 is 5.97 Å². The van der Waals surface area contributed by atoms with Gasteiger partial charge in [0.2, 0.25) is 0 Å². The number of fused-ring (bicyclic) bond motifs is 1. The van der Waals surface area contributed by atoms with Gasteiger partial charge in [-0.1, -0.05) is 40.9 Å². The lowest BCUT2D eigenvalue weighted by molar-refractivity contribution is -0.153. The molecule has 0 spiro atoms. The third-order valence-electron chi connectivity index (χ3n) is 5.68. The molecule has 1 aromatic carbocycles. The Morgan fingerprint density at radius 2 is 2.13 bits per heavy atom. The van der Waals surface area contributed by atoms with E-state index in [0.717, 1.165) is 24.9 Å². The predicted molar refractivity (Wildman–Crippen MR) is 91.6 cm³/mol. The van der Waals surface area contributed by atoms with Crippen molar-refractivity contribution in [2.75, 3.05) is 13.7 Å². The number of rotatable bonds is 2. The molecule has 5 heteroatoms. The van der Waals surface area contributed by atoms with Gasteiger partial charge in [-0.25, -0.2) is 0 Å². The first-order chi connectivity index (χ1) is 11.1. The molecule has 4 heterocycles. The first-order valence-electron chi connectivity index (χ1n) is 8.07. The maximum Gasteiger partial charge on any atom is 0.310 e. The molecule has 4 saturated heterocycles. The van der Waals surface area contributed by atoms with Crippen LogP contribution in [0.25, 0.3) is 6.08 Å². The summed E-state index contributed by atoms with van der Waals surface area (Å²) >= 11 is 12.1. The number of carbonyl (C=O) groups excluding carboxylic acids is 1. The van der Waals surface area contributed by atoms with Crippen LogP contribution in [0.2, 0.25) is 10.0 Å². The highest BCUT2D eigenvalue weighted by Gasteiger charge is 2.55. The average molecular weight is 352 g/mol. The van der Waals surface area contributed by atoms with Crippen molar-refractivity contribution < 1.29 is 9.53 Å².